The molecule has 4 amide bonds. The minimum atomic E-state index is -0.961. The first-order chi connectivity index (χ1) is 25.2. The van der Waals surface area contributed by atoms with Gasteiger partial charge >= 0.3 is 0 Å². The number of carbonyl (C=O) groups is 4. The Morgan fingerprint density at radius 2 is 1.65 bits per heavy atom. The number of aromatic nitrogens is 1. The number of fused-ring (bicyclic) bond motifs is 2. The number of anilines is 2. The summed E-state index contributed by atoms with van der Waals surface area (Å²) in [6, 6.07) is 19.0. The Kier molecular flexibility index (Phi) is 9.41. The minimum absolute atomic E-state index is 0.101. The van der Waals surface area contributed by atoms with Gasteiger partial charge < -0.3 is 19.3 Å². The van der Waals surface area contributed by atoms with E-state index in [1.807, 2.05) is 32.3 Å². The van der Waals surface area contributed by atoms with Crippen molar-refractivity contribution in [3.63, 3.8) is 0 Å². The Morgan fingerprint density at radius 3 is 2.40 bits per heavy atom. The summed E-state index contributed by atoms with van der Waals surface area (Å²) in [6.07, 6.45) is 3.37. The van der Waals surface area contributed by atoms with E-state index >= 15 is 0 Å². The molecule has 0 bridgehead atoms. The predicted molar refractivity (Wildman–Crippen MR) is 199 cm³/mol. The summed E-state index contributed by atoms with van der Waals surface area (Å²) in [7, 11) is 4.08. The van der Waals surface area contributed by atoms with Crippen molar-refractivity contribution in [1.29, 1.82) is 0 Å². The first-order valence-electron chi connectivity index (χ1n) is 18.0. The molecule has 8 rings (SSSR count). The van der Waals surface area contributed by atoms with Gasteiger partial charge in [-0.2, -0.15) is 0 Å². The van der Waals surface area contributed by atoms with Crippen molar-refractivity contribution in [3.8, 4) is 16.3 Å². The van der Waals surface area contributed by atoms with Crippen LogP contribution in [-0.2, 0) is 14.3 Å². The number of piperidine rings is 1. The maximum Gasteiger partial charge on any atom is 0.262 e. The van der Waals surface area contributed by atoms with Crippen LogP contribution in [0.2, 0.25) is 0 Å². The van der Waals surface area contributed by atoms with Crippen LogP contribution in [0.15, 0.2) is 60.7 Å². The summed E-state index contributed by atoms with van der Waals surface area (Å²) < 4.78 is 13.6. The van der Waals surface area contributed by atoms with Gasteiger partial charge in [-0.15, -0.1) is 11.3 Å². The van der Waals surface area contributed by atoms with Gasteiger partial charge in [0, 0.05) is 89.6 Å². The number of piperazine rings is 1. The lowest BCUT2D eigenvalue weighted by molar-refractivity contribution is -0.136. The second kappa shape index (κ2) is 14.3. The minimum Gasteiger partial charge on any atom is -0.490 e. The summed E-state index contributed by atoms with van der Waals surface area (Å²) in [6.45, 7) is 5.06. The number of hydrogen-bond acceptors (Lipinski definition) is 11. The first-order valence-corrected chi connectivity index (χ1v) is 18.8. The molecule has 0 spiro atoms. The normalized spacial score (nSPS) is 22.1. The van der Waals surface area contributed by atoms with Gasteiger partial charge in [-0.3, -0.25) is 34.3 Å². The van der Waals surface area contributed by atoms with Gasteiger partial charge in [-0.1, -0.05) is 0 Å². The van der Waals surface area contributed by atoms with Crippen LogP contribution in [0.1, 0.15) is 52.8 Å². The summed E-state index contributed by atoms with van der Waals surface area (Å²) in [5.74, 6) is -1.07. The zero-order valence-electron chi connectivity index (χ0n) is 29.4. The molecule has 3 fully saturated rings. The first kappa shape index (κ1) is 34.2. The van der Waals surface area contributed by atoms with Crippen LogP contribution in [0.4, 0.5) is 11.4 Å². The molecule has 1 aliphatic carbocycles. The lowest BCUT2D eigenvalue weighted by atomic mass is 9.92. The molecule has 0 radical (unpaired) electrons. The van der Waals surface area contributed by atoms with Crippen LogP contribution in [0, 0.1) is 0 Å². The van der Waals surface area contributed by atoms with Gasteiger partial charge in [0.1, 0.15) is 22.9 Å². The van der Waals surface area contributed by atoms with Crippen LogP contribution >= 0.6 is 11.3 Å². The van der Waals surface area contributed by atoms with Gasteiger partial charge in [0.15, 0.2) is 0 Å². The quantitative estimate of drug-likeness (QED) is 0.174. The molecular formula is C39H42N6O6S. The van der Waals surface area contributed by atoms with Crippen molar-refractivity contribution in [1.82, 2.24) is 20.1 Å². The Bertz CT molecular complexity index is 2020. The molecule has 12 nitrogen and oxygen atoms in total. The van der Waals surface area contributed by atoms with E-state index in [1.165, 1.54) is 0 Å². The monoisotopic (exact) mass is 722 g/mol. The fourth-order valence-corrected chi connectivity index (χ4v) is 8.37. The summed E-state index contributed by atoms with van der Waals surface area (Å²) in [5.41, 5.74) is 4.77. The van der Waals surface area contributed by atoms with Crippen molar-refractivity contribution < 1.29 is 28.7 Å². The third-order valence-electron chi connectivity index (χ3n) is 10.5. The van der Waals surface area contributed by atoms with Gasteiger partial charge in [0.25, 0.3) is 11.8 Å². The van der Waals surface area contributed by atoms with Crippen molar-refractivity contribution in [2.45, 2.75) is 50.4 Å². The number of nitrogens with one attached hydrogen (secondary N) is 1. The third kappa shape index (κ3) is 6.87. The van der Waals surface area contributed by atoms with E-state index in [-0.39, 0.29) is 31.0 Å². The highest BCUT2D eigenvalue weighted by Crippen LogP contribution is 2.35. The number of carbonyl (C=O) groups excluding carboxylic acids is 4. The largest absolute Gasteiger partial charge is 0.490 e. The van der Waals surface area contributed by atoms with E-state index in [1.54, 1.807) is 23.5 Å². The Morgan fingerprint density at radius 1 is 0.885 bits per heavy atom. The standard InChI is InChI=1S/C39H42N6O6S/c1-42(2)25-6-4-24(5-7-25)37-40-32-11-9-27(23-34(32)52-37)51-29-21-28(22-29)50-19-3-14-43-15-17-44(18-16-43)26-8-10-30-31(20-26)39(49)45(38(30)48)33-12-13-35(46)41-36(33)47/h4-11,20,23,28-29,33H,3,12-19,21-22H2,1-2H3,(H,41,46,47). The zero-order valence-corrected chi connectivity index (χ0v) is 30.2. The summed E-state index contributed by atoms with van der Waals surface area (Å²) in [5, 5.41) is 3.25. The van der Waals surface area contributed by atoms with E-state index in [2.05, 4.69) is 50.3 Å². The van der Waals surface area contributed by atoms with Crippen molar-refractivity contribution in [3.05, 3.63) is 71.8 Å². The SMILES string of the molecule is CN(C)c1ccc(-c2nc3ccc(OC4CC(OCCCN5CCN(c6ccc7c(c6)C(=O)N(C6CCC(=O)NC6=O)C7=O)CC5)C4)cc3s2)cc1. The molecule has 3 aromatic carbocycles. The topological polar surface area (TPSA) is 125 Å². The molecule has 4 aliphatic rings. The maximum absolute atomic E-state index is 13.2. The summed E-state index contributed by atoms with van der Waals surface area (Å²) in [4.78, 5) is 62.8. The zero-order chi connectivity index (χ0) is 35.9. The van der Waals surface area contributed by atoms with Gasteiger partial charge in [0.05, 0.1) is 27.4 Å². The van der Waals surface area contributed by atoms with Crippen molar-refractivity contribution in [2.75, 3.05) is 63.2 Å². The number of nitrogens with zero attached hydrogens (tertiary/aromatic N) is 5. The lowest BCUT2D eigenvalue weighted by Crippen LogP contribution is -2.54. The van der Waals surface area contributed by atoms with E-state index < -0.39 is 23.8 Å². The molecule has 13 heteroatoms. The lowest BCUT2D eigenvalue weighted by Gasteiger charge is -2.37. The van der Waals surface area contributed by atoms with Gasteiger partial charge in [-0.25, -0.2) is 4.98 Å². The van der Waals surface area contributed by atoms with E-state index in [4.69, 9.17) is 14.5 Å². The summed E-state index contributed by atoms with van der Waals surface area (Å²) >= 11 is 1.68. The number of rotatable bonds is 11. The number of thiazole rings is 1. The molecular weight excluding hydrogens is 681 g/mol. The van der Waals surface area contributed by atoms with Crippen molar-refractivity contribution in [2.24, 2.45) is 0 Å². The number of benzene rings is 3. The fourth-order valence-electron chi connectivity index (χ4n) is 7.37. The number of ether oxygens (including phenoxy) is 2. The maximum atomic E-state index is 13.2. The molecule has 4 heterocycles. The third-order valence-corrected chi connectivity index (χ3v) is 11.5. The number of amides is 4. The molecule has 1 unspecified atom stereocenters. The average Bonchev–Trinajstić information content (AvgIpc) is 3.66. The highest BCUT2D eigenvalue weighted by atomic mass is 32.1. The highest BCUT2D eigenvalue weighted by molar-refractivity contribution is 7.21. The van der Waals surface area contributed by atoms with Crippen LogP contribution in [0.5, 0.6) is 5.75 Å². The molecule has 4 aromatic rings. The molecule has 1 aromatic heterocycles. The second-order valence-corrected chi connectivity index (χ2v) is 15.2. The average molecular weight is 723 g/mol. The van der Waals surface area contributed by atoms with Crippen LogP contribution in [0.25, 0.3) is 20.8 Å². The predicted octanol–water partition coefficient (Wildman–Crippen LogP) is 4.57. The van der Waals surface area contributed by atoms with E-state index in [0.29, 0.717) is 17.7 Å². The van der Waals surface area contributed by atoms with Gasteiger partial charge in [0.2, 0.25) is 11.8 Å². The Hall–Kier alpha value is -4.85. The molecule has 52 heavy (non-hydrogen) atoms. The van der Waals surface area contributed by atoms with Crippen LogP contribution in [0.3, 0.4) is 0 Å². The fraction of sp³-hybridized carbons (Fsp3) is 0.410. The van der Waals surface area contributed by atoms with Crippen molar-refractivity contribution >= 4 is 56.6 Å². The molecule has 1 atom stereocenters. The van der Waals surface area contributed by atoms with Crippen LogP contribution < -0.4 is 19.9 Å². The number of hydrogen-bond donors (Lipinski definition) is 1. The number of imide groups is 2. The molecule has 3 aliphatic heterocycles. The van der Waals surface area contributed by atoms with Crippen LogP contribution in [-0.4, -0.2) is 110 Å². The highest BCUT2D eigenvalue weighted by Gasteiger charge is 2.44. The van der Waals surface area contributed by atoms with Gasteiger partial charge in [-0.05, 0) is 73.5 Å². The Balaban J connectivity index is 0.747. The molecule has 1 saturated carbocycles. The molecule has 270 valence electrons. The van der Waals surface area contributed by atoms with E-state index in [9.17, 15) is 19.2 Å². The smallest absolute Gasteiger partial charge is 0.262 e. The molecule has 2 saturated heterocycles. The Labute approximate surface area is 306 Å². The second-order valence-electron chi connectivity index (χ2n) is 14.2. The molecule has 1 N–H and O–H groups in total. The van der Waals surface area contributed by atoms with E-state index in [0.717, 1.165) is 94.8 Å².